The number of ether oxygens (including phenoxy) is 1. The molecule has 0 unspecified atom stereocenters. The lowest BCUT2D eigenvalue weighted by atomic mass is 10.2. The highest BCUT2D eigenvalue weighted by molar-refractivity contribution is 7.80. The van der Waals surface area contributed by atoms with Crippen molar-refractivity contribution < 1.29 is 4.74 Å². The molecule has 0 aliphatic heterocycles. The summed E-state index contributed by atoms with van der Waals surface area (Å²) in [5.41, 5.74) is 6.42. The minimum atomic E-state index is 0.373. The number of nitrogens with zero attached hydrogens (tertiary/aromatic N) is 3. The zero-order chi connectivity index (χ0) is 15.2. The highest BCUT2D eigenvalue weighted by Crippen LogP contribution is 2.13. The predicted molar refractivity (Wildman–Crippen MR) is 86.6 cm³/mol. The largest absolute Gasteiger partial charge is 0.492 e. The van der Waals surface area contributed by atoms with Gasteiger partial charge in [-0.05, 0) is 12.1 Å². The van der Waals surface area contributed by atoms with E-state index in [1.807, 2.05) is 28.9 Å². The molecular formula is C15H20N4OS. The van der Waals surface area contributed by atoms with Crippen LogP contribution in [0.5, 0.6) is 5.75 Å². The van der Waals surface area contributed by atoms with Gasteiger partial charge in [0.05, 0.1) is 6.54 Å². The van der Waals surface area contributed by atoms with Crippen molar-refractivity contribution in [3.63, 3.8) is 0 Å². The molecule has 1 aromatic carbocycles. The van der Waals surface area contributed by atoms with Crippen LogP contribution in [0.25, 0.3) is 0 Å². The Hall–Kier alpha value is -1.95. The molecule has 2 rings (SSSR count). The van der Waals surface area contributed by atoms with Gasteiger partial charge in [-0.1, -0.05) is 38.2 Å². The van der Waals surface area contributed by atoms with Crippen LogP contribution in [-0.4, -0.2) is 26.4 Å². The fourth-order valence-corrected chi connectivity index (χ4v) is 2.13. The molecule has 0 saturated carbocycles. The van der Waals surface area contributed by atoms with E-state index in [9.17, 15) is 0 Å². The van der Waals surface area contributed by atoms with Gasteiger partial charge in [0.15, 0.2) is 5.82 Å². The molecule has 0 radical (unpaired) electrons. The maximum absolute atomic E-state index is 5.74. The van der Waals surface area contributed by atoms with Crippen LogP contribution in [0, 0.1) is 0 Å². The van der Waals surface area contributed by atoms with Crippen LogP contribution >= 0.6 is 12.2 Å². The summed E-state index contributed by atoms with van der Waals surface area (Å²) in [4.78, 5) is 4.85. The summed E-state index contributed by atoms with van der Waals surface area (Å²) in [6, 6.07) is 7.49. The fourth-order valence-electron chi connectivity index (χ4n) is 2.01. The smallest absolute Gasteiger partial charge is 0.150 e. The number of thiocarbonyl (C=S) groups is 1. The Morgan fingerprint density at radius 1 is 1.33 bits per heavy atom. The van der Waals surface area contributed by atoms with Crippen LogP contribution in [0.2, 0.25) is 0 Å². The SMILES string of the molecule is CCc1nc(CC)n(CCOc2cccc(C(N)=S)c2)n1. The molecule has 2 N–H and O–H groups in total. The Morgan fingerprint density at radius 3 is 2.81 bits per heavy atom. The molecular weight excluding hydrogens is 284 g/mol. The second-order valence-corrected chi connectivity index (χ2v) is 5.05. The van der Waals surface area contributed by atoms with E-state index in [-0.39, 0.29) is 0 Å². The number of hydrogen-bond acceptors (Lipinski definition) is 4. The molecule has 6 heteroatoms. The molecule has 5 nitrogen and oxygen atoms in total. The molecule has 0 spiro atoms. The van der Waals surface area contributed by atoms with Crippen molar-refractivity contribution in [2.24, 2.45) is 5.73 Å². The first kappa shape index (κ1) is 15.4. The van der Waals surface area contributed by atoms with E-state index in [2.05, 4.69) is 23.9 Å². The Labute approximate surface area is 130 Å². The van der Waals surface area contributed by atoms with Crippen molar-refractivity contribution in [2.75, 3.05) is 6.61 Å². The van der Waals surface area contributed by atoms with Gasteiger partial charge >= 0.3 is 0 Å². The lowest BCUT2D eigenvalue weighted by Crippen LogP contribution is -2.13. The van der Waals surface area contributed by atoms with Gasteiger partial charge in [0, 0.05) is 18.4 Å². The molecule has 0 fully saturated rings. The highest BCUT2D eigenvalue weighted by atomic mass is 32.1. The molecule has 112 valence electrons. The number of rotatable bonds is 7. The fraction of sp³-hybridized carbons (Fsp3) is 0.400. The number of nitrogens with two attached hydrogens (primary N) is 1. The second-order valence-electron chi connectivity index (χ2n) is 4.62. The van der Waals surface area contributed by atoms with E-state index in [0.29, 0.717) is 18.1 Å². The molecule has 1 heterocycles. The minimum Gasteiger partial charge on any atom is -0.492 e. The Kier molecular flexibility index (Phi) is 5.27. The third-order valence-corrected chi connectivity index (χ3v) is 3.35. The van der Waals surface area contributed by atoms with E-state index in [1.54, 1.807) is 0 Å². The Bertz CT molecular complexity index is 624. The molecule has 0 amide bonds. The number of hydrogen-bond donors (Lipinski definition) is 1. The standard InChI is InChI=1S/C15H20N4OS/c1-3-13-17-14(4-2)19(18-13)8-9-20-12-7-5-6-11(10-12)15(16)21/h5-7,10H,3-4,8-9H2,1-2H3,(H2,16,21). The first-order chi connectivity index (χ1) is 10.1. The predicted octanol–water partition coefficient (Wildman–Crippen LogP) is 2.12. The maximum Gasteiger partial charge on any atom is 0.150 e. The van der Waals surface area contributed by atoms with Gasteiger partial charge in [0.25, 0.3) is 0 Å². The monoisotopic (exact) mass is 304 g/mol. The Balaban J connectivity index is 1.96. The van der Waals surface area contributed by atoms with Gasteiger partial charge in [-0.15, -0.1) is 0 Å². The van der Waals surface area contributed by atoms with Gasteiger partial charge in [0.1, 0.15) is 23.2 Å². The van der Waals surface area contributed by atoms with Gasteiger partial charge in [-0.2, -0.15) is 5.10 Å². The third kappa shape index (κ3) is 4.01. The van der Waals surface area contributed by atoms with E-state index in [0.717, 1.165) is 35.8 Å². The summed E-state index contributed by atoms with van der Waals surface area (Å²) in [5, 5.41) is 4.46. The summed E-state index contributed by atoms with van der Waals surface area (Å²) in [6.07, 6.45) is 1.71. The van der Waals surface area contributed by atoms with E-state index in [4.69, 9.17) is 22.7 Å². The Morgan fingerprint density at radius 2 is 2.14 bits per heavy atom. The average Bonchev–Trinajstić information content (AvgIpc) is 2.90. The summed E-state index contributed by atoms with van der Waals surface area (Å²) >= 11 is 4.96. The summed E-state index contributed by atoms with van der Waals surface area (Å²) in [5.74, 6) is 2.63. The maximum atomic E-state index is 5.74. The normalized spacial score (nSPS) is 10.6. The molecule has 2 aromatic rings. The van der Waals surface area contributed by atoms with Crippen LogP contribution in [0.3, 0.4) is 0 Å². The van der Waals surface area contributed by atoms with Crippen molar-refractivity contribution in [2.45, 2.75) is 33.2 Å². The lowest BCUT2D eigenvalue weighted by Gasteiger charge is -2.08. The topological polar surface area (TPSA) is 66.0 Å². The van der Waals surface area contributed by atoms with Crippen LogP contribution in [-0.2, 0) is 19.4 Å². The minimum absolute atomic E-state index is 0.373. The number of aromatic nitrogens is 3. The summed E-state index contributed by atoms with van der Waals surface area (Å²) < 4.78 is 7.65. The van der Waals surface area contributed by atoms with Crippen molar-refractivity contribution in [1.82, 2.24) is 14.8 Å². The van der Waals surface area contributed by atoms with Crippen LogP contribution in [0.1, 0.15) is 31.1 Å². The number of aryl methyl sites for hydroxylation is 2. The quantitative estimate of drug-likeness (QED) is 0.794. The van der Waals surface area contributed by atoms with Gasteiger partial charge in [0.2, 0.25) is 0 Å². The molecule has 1 aromatic heterocycles. The van der Waals surface area contributed by atoms with Crippen LogP contribution in [0.15, 0.2) is 24.3 Å². The molecule has 0 saturated heterocycles. The lowest BCUT2D eigenvalue weighted by molar-refractivity contribution is 0.288. The van der Waals surface area contributed by atoms with Crippen LogP contribution < -0.4 is 10.5 Å². The zero-order valence-electron chi connectivity index (χ0n) is 12.4. The van der Waals surface area contributed by atoms with Crippen molar-refractivity contribution in [3.8, 4) is 5.75 Å². The number of benzene rings is 1. The average molecular weight is 304 g/mol. The molecule has 0 aliphatic carbocycles. The van der Waals surface area contributed by atoms with Crippen molar-refractivity contribution in [3.05, 3.63) is 41.5 Å². The first-order valence-electron chi connectivity index (χ1n) is 7.09. The molecule has 0 bridgehead atoms. The van der Waals surface area contributed by atoms with Gasteiger partial charge in [-0.3, -0.25) is 0 Å². The van der Waals surface area contributed by atoms with Crippen molar-refractivity contribution in [1.29, 1.82) is 0 Å². The second kappa shape index (κ2) is 7.17. The zero-order valence-corrected chi connectivity index (χ0v) is 13.2. The highest BCUT2D eigenvalue weighted by Gasteiger charge is 2.07. The summed E-state index contributed by atoms with van der Waals surface area (Å²) in [6.45, 7) is 5.33. The van der Waals surface area contributed by atoms with Crippen molar-refractivity contribution >= 4 is 17.2 Å². The summed E-state index contributed by atoms with van der Waals surface area (Å²) in [7, 11) is 0. The third-order valence-electron chi connectivity index (χ3n) is 3.12. The van der Waals surface area contributed by atoms with E-state index >= 15 is 0 Å². The molecule has 0 aliphatic rings. The van der Waals surface area contributed by atoms with Crippen LogP contribution in [0.4, 0.5) is 0 Å². The molecule has 0 atom stereocenters. The van der Waals surface area contributed by atoms with E-state index < -0.39 is 0 Å². The van der Waals surface area contributed by atoms with Gasteiger partial charge in [-0.25, -0.2) is 9.67 Å². The molecule has 21 heavy (non-hydrogen) atoms. The van der Waals surface area contributed by atoms with E-state index in [1.165, 1.54) is 0 Å². The van der Waals surface area contributed by atoms with Gasteiger partial charge < -0.3 is 10.5 Å². The first-order valence-corrected chi connectivity index (χ1v) is 7.50.